The summed E-state index contributed by atoms with van der Waals surface area (Å²) in [7, 11) is 0. The molecule has 1 aliphatic rings. The van der Waals surface area contributed by atoms with Crippen molar-refractivity contribution in [3.63, 3.8) is 0 Å². The van der Waals surface area contributed by atoms with Crippen LogP contribution in [0, 0.1) is 5.92 Å². The topological polar surface area (TPSA) is 65.4 Å². The van der Waals surface area contributed by atoms with Gasteiger partial charge in [-0.2, -0.15) is 5.10 Å². The minimum absolute atomic E-state index is 0.0318. The molecule has 6 nitrogen and oxygen atoms in total. The number of carbonyl (C=O) groups excluding carboxylic acids is 1. The minimum Gasteiger partial charge on any atom is -0.406 e. The van der Waals surface area contributed by atoms with Crippen LogP contribution < -0.4 is 10.1 Å². The summed E-state index contributed by atoms with van der Waals surface area (Å²) in [6, 6.07) is 6.91. The minimum atomic E-state index is -4.73. The molecule has 1 atom stereocenters. The van der Waals surface area contributed by atoms with Gasteiger partial charge in [0.25, 0.3) is 0 Å². The molecule has 0 unspecified atom stereocenters. The molecule has 0 bridgehead atoms. The quantitative estimate of drug-likeness (QED) is 0.850. The van der Waals surface area contributed by atoms with Crippen LogP contribution in [0.2, 0.25) is 0 Å². The van der Waals surface area contributed by atoms with E-state index in [-0.39, 0.29) is 18.1 Å². The van der Waals surface area contributed by atoms with E-state index in [0.717, 1.165) is 13.0 Å². The Balaban J connectivity index is 1.55. The summed E-state index contributed by atoms with van der Waals surface area (Å²) in [6.45, 7) is 2.08. The number of anilines is 1. The Hall–Kier alpha value is -2.55. The van der Waals surface area contributed by atoms with E-state index in [1.807, 2.05) is 0 Å². The molecule has 0 spiro atoms. The first-order valence-corrected chi connectivity index (χ1v) is 8.13. The summed E-state index contributed by atoms with van der Waals surface area (Å²) in [5.41, 5.74) is 0.576. The number of aromatic nitrogens is 2. The fourth-order valence-corrected chi connectivity index (χ4v) is 2.74. The van der Waals surface area contributed by atoms with Gasteiger partial charge >= 0.3 is 6.36 Å². The smallest absolute Gasteiger partial charge is 0.406 e. The molecule has 9 heteroatoms. The fraction of sp³-hybridized carbons (Fsp3) is 0.412. The van der Waals surface area contributed by atoms with Crippen LogP contribution >= 0.6 is 0 Å². The second kappa shape index (κ2) is 7.77. The third-order valence-electron chi connectivity index (χ3n) is 3.96. The van der Waals surface area contributed by atoms with E-state index in [9.17, 15) is 18.0 Å². The van der Waals surface area contributed by atoms with Crippen molar-refractivity contribution < 1.29 is 27.4 Å². The van der Waals surface area contributed by atoms with Crippen LogP contribution in [-0.2, 0) is 22.5 Å². The van der Waals surface area contributed by atoms with Crippen molar-refractivity contribution in [3.05, 3.63) is 42.1 Å². The molecule has 1 aromatic heterocycles. The van der Waals surface area contributed by atoms with E-state index < -0.39 is 6.36 Å². The van der Waals surface area contributed by atoms with Crippen molar-refractivity contribution in [2.24, 2.45) is 5.92 Å². The van der Waals surface area contributed by atoms with Crippen molar-refractivity contribution in [2.75, 3.05) is 18.5 Å². The first-order chi connectivity index (χ1) is 12.4. The Morgan fingerprint density at radius 3 is 2.73 bits per heavy atom. The summed E-state index contributed by atoms with van der Waals surface area (Å²) in [5, 5.41) is 6.98. The van der Waals surface area contributed by atoms with Crippen molar-refractivity contribution in [1.29, 1.82) is 0 Å². The van der Waals surface area contributed by atoms with Gasteiger partial charge in [-0.05, 0) is 24.1 Å². The molecule has 0 radical (unpaired) electrons. The molecule has 3 rings (SSSR count). The number of alkyl halides is 3. The number of carbonyl (C=O) groups is 1. The lowest BCUT2D eigenvalue weighted by molar-refractivity contribution is -0.274. The number of ether oxygens (including phenoxy) is 2. The molecule has 0 saturated carbocycles. The summed E-state index contributed by atoms with van der Waals surface area (Å²) >= 11 is 0. The fourth-order valence-electron chi connectivity index (χ4n) is 2.74. The zero-order valence-electron chi connectivity index (χ0n) is 13.8. The normalized spacial score (nSPS) is 17.3. The lowest BCUT2D eigenvalue weighted by Gasteiger charge is -2.12. The number of nitrogens with one attached hydrogen (secondary N) is 1. The first-order valence-electron chi connectivity index (χ1n) is 8.13. The molecule has 1 N–H and O–H groups in total. The molecule has 0 aliphatic carbocycles. The maximum absolute atomic E-state index is 12.2. The van der Waals surface area contributed by atoms with Crippen molar-refractivity contribution in [3.8, 4) is 5.75 Å². The lowest BCUT2D eigenvalue weighted by atomic mass is 10.1. The Morgan fingerprint density at radius 2 is 2.08 bits per heavy atom. The van der Waals surface area contributed by atoms with E-state index >= 15 is 0 Å². The van der Waals surface area contributed by atoms with Crippen LogP contribution in [0.15, 0.2) is 36.5 Å². The molecule has 26 heavy (non-hydrogen) atoms. The van der Waals surface area contributed by atoms with Crippen LogP contribution in [0.1, 0.15) is 12.0 Å². The van der Waals surface area contributed by atoms with Crippen molar-refractivity contribution >= 4 is 11.7 Å². The number of halogens is 3. The third kappa shape index (κ3) is 5.22. The highest BCUT2D eigenvalue weighted by Crippen LogP contribution is 2.23. The van der Waals surface area contributed by atoms with Crippen LogP contribution in [0.3, 0.4) is 0 Å². The second-order valence-corrected chi connectivity index (χ2v) is 6.04. The maximum Gasteiger partial charge on any atom is 0.573 e. The van der Waals surface area contributed by atoms with Gasteiger partial charge in [-0.3, -0.25) is 4.79 Å². The molecule has 1 aliphatic heterocycles. The van der Waals surface area contributed by atoms with Gasteiger partial charge in [-0.15, -0.1) is 13.2 Å². The third-order valence-corrected chi connectivity index (χ3v) is 3.96. The number of hydrogen-bond donors (Lipinski definition) is 1. The first kappa shape index (κ1) is 18.2. The maximum atomic E-state index is 12.2. The zero-order valence-corrected chi connectivity index (χ0v) is 13.8. The molecular weight excluding hydrogens is 351 g/mol. The SMILES string of the molecule is O=C(Cc1ccc(OC(F)(F)F)cc1)Nc1ccnn1C[C@@H]1CCOC1. The average Bonchev–Trinajstić information content (AvgIpc) is 3.21. The van der Waals surface area contributed by atoms with Gasteiger partial charge in [0.05, 0.1) is 19.2 Å². The molecule has 1 fully saturated rings. The highest BCUT2D eigenvalue weighted by molar-refractivity contribution is 5.91. The molecule has 2 heterocycles. The largest absolute Gasteiger partial charge is 0.573 e. The highest BCUT2D eigenvalue weighted by Gasteiger charge is 2.31. The van der Waals surface area contributed by atoms with Gasteiger partial charge in [0, 0.05) is 25.1 Å². The predicted molar refractivity (Wildman–Crippen MR) is 86.6 cm³/mol. The van der Waals surface area contributed by atoms with Gasteiger partial charge in [0.1, 0.15) is 11.6 Å². The standard InChI is InChI=1S/C17H18F3N3O3/c18-17(19,20)26-14-3-1-12(2-4-14)9-16(24)22-15-5-7-21-23(15)10-13-6-8-25-11-13/h1-5,7,13H,6,8-11H2,(H,22,24)/t13-/m0/s1. The van der Waals surface area contributed by atoms with E-state index in [1.54, 1.807) is 16.9 Å². The Bertz CT molecular complexity index is 738. The van der Waals surface area contributed by atoms with Crippen LogP contribution in [0.4, 0.5) is 19.0 Å². The molecular formula is C17H18F3N3O3. The van der Waals surface area contributed by atoms with E-state index in [2.05, 4.69) is 15.2 Å². The van der Waals surface area contributed by atoms with Gasteiger partial charge in [-0.25, -0.2) is 4.68 Å². The molecule has 1 saturated heterocycles. The lowest BCUT2D eigenvalue weighted by Crippen LogP contribution is -2.20. The van der Waals surface area contributed by atoms with E-state index in [1.165, 1.54) is 24.3 Å². The monoisotopic (exact) mass is 369 g/mol. The molecule has 1 amide bonds. The van der Waals surface area contributed by atoms with Crippen molar-refractivity contribution in [2.45, 2.75) is 25.7 Å². The number of rotatable bonds is 6. The van der Waals surface area contributed by atoms with Crippen LogP contribution in [0.5, 0.6) is 5.75 Å². The van der Waals surface area contributed by atoms with Gasteiger partial charge in [-0.1, -0.05) is 12.1 Å². The Labute approximate surface area is 147 Å². The van der Waals surface area contributed by atoms with Crippen molar-refractivity contribution in [1.82, 2.24) is 9.78 Å². The highest BCUT2D eigenvalue weighted by atomic mass is 19.4. The Morgan fingerprint density at radius 1 is 1.31 bits per heavy atom. The number of amides is 1. The summed E-state index contributed by atoms with van der Waals surface area (Å²) in [6.07, 6.45) is -2.14. The molecule has 1 aromatic carbocycles. The van der Waals surface area contributed by atoms with E-state index in [0.29, 0.717) is 30.5 Å². The van der Waals surface area contributed by atoms with Gasteiger partial charge < -0.3 is 14.8 Å². The molecule has 140 valence electrons. The van der Waals surface area contributed by atoms with Crippen LogP contribution in [0.25, 0.3) is 0 Å². The molecule has 2 aromatic rings. The Kier molecular flexibility index (Phi) is 5.46. The average molecular weight is 369 g/mol. The summed E-state index contributed by atoms with van der Waals surface area (Å²) < 4.78 is 47.3. The summed E-state index contributed by atoms with van der Waals surface area (Å²) in [4.78, 5) is 12.2. The number of benzene rings is 1. The zero-order chi connectivity index (χ0) is 18.6. The van der Waals surface area contributed by atoms with E-state index in [4.69, 9.17) is 4.74 Å². The van der Waals surface area contributed by atoms with Gasteiger partial charge in [0.15, 0.2) is 0 Å². The van der Waals surface area contributed by atoms with Gasteiger partial charge in [0.2, 0.25) is 5.91 Å². The van der Waals surface area contributed by atoms with Crippen LogP contribution in [-0.4, -0.2) is 35.3 Å². The predicted octanol–water partition coefficient (Wildman–Crippen LogP) is 3.00. The summed E-state index contributed by atoms with van der Waals surface area (Å²) in [5.74, 6) is 0.350. The number of nitrogens with zero attached hydrogens (tertiary/aromatic N) is 2. The second-order valence-electron chi connectivity index (χ2n) is 6.04. The number of hydrogen-bond acceptors (Lipinski definition) is 4.